The molecule has 1 aromatic heterocycles. The molecule has 0 aliphatic carbocycles. The van der Waals surface area contributed by atoms with Crippen molar-refractivity contribution in [2.45, 2.75) is 0 Å². The third kappa shape index (κ3) is 10.7. The van der Waals surface area contributed by atoms with Gasteiger partial charge in [0.1, 0.15) is 0 Å². The van der Waals surface area contributed by atoms with Gasteiger partial charge >= 0.3 is 29.6 Å². The molecule has 0 amide bonds. The number of anilines is 1. The van der Waals surface area contributed by atoms with Crippen LogP contribution in [0.3, 0.4) is 0 Å². The fraction of sp³-hybridized carbons (Fsp3) is 0. The van der Waals surface area contributed by atoms with E-state index in [0.717, 1.165) is 16.7 Å². The Balaban J connectivity index is 0. The second-order valence-electron chi connectivity index (χ2n) is 2.79. The van der Waals surface area contributed by atoms with Gasteiger partial charge in [0.2, 0.25) is 0 Å². The monoisotopic (exact) mass is 307 g/mol. The zero-order valence-electron chi connectivity index (χ0n) is 10.5. The van der Waals surface area contributed by atoms with Crippen LogP contribution in [-0.2, 0) is 21.0 Å². The van der Waals surface area contributed by atoms with E-state index in [2.05, 4.69) is 9.97 Å². The van der Waals surface area contributed by atoms with Gasteiger partial charge in [0.05, 0.1) is 22.4 Å². The summed E-state index contributed by atoms with van der Waals surface area (Å²) < 4.78 is 24.1. The number of nitrogens with two attached hydrogens (primary N) is 1. The number of hydrogen-bond donors (Lipinski definition) is 2. The molecule has 0 spiro atoms. The van der Waals surface area contributed by atoms with Crippen LogP contribution < -0.4 is 35.3 Å². The van der Waals surface area contributed by atoms with Crippen LogP contribution in [0.4, 0.5) is 5.69 Å². The number of aldehydes is 2. The normalized spacial score (nSPS) is 9.70. The number of aromatic nitrogens is 2. The molecule has 0 saturated heterocycles. The molecule has 1 aromatic carbocycles. The van der Waals surface area contributed by atoms with Crippen LogP contribution >= 0.6 is 0 Å². The first-order valence-corrected chi connectivity index (χ1v) is 5.68. The van der Waals surface area contributed by atoms with E-state index in [1.807, 2.05) is 18.2 Å². The van der Waals surface area contributed by atoms with E-state index in [-0.39, 0.29) is 42.1 Å². The number of rotatable bonds is 1. The summed E-state index contributed by atoms with van der Waals surface area (Å²) in [5.74, 6) is 0. The molecule has 102 valence electrons. The van der Waals surface area contributed by atoms with E-state index < -0.39 is 11.4 Å². The van der Waals surface area contributed by atoms with Gasteiger partial charge in [0, 0.05) is 18.1 Å². The SMILES string of the molecule is Nc1ccc2nccnc2c1.O=CC=O.O=S([O-])O.[Na+]. The number of hydrogen-bond acceptors (Lipinski definition) is 7. The van der Waals surface area contributed by atoms with Crippen LogP contribution in [0.25, 0.3) is 11.0 Å². The number of fused-ring (bicyclic) bond motifs is 1. The fourth-order valence-corrected chi connectivity index (χ4v) is 0.980. The molecule has 0 fully saturated rings. The van der Waals surface area contributed by atoms with Gasteiger partial charge in [-0.2, -0.15) is 0 Å². The Kier molecular flexibility index (Phi) is 13.5. The quantitative estimate of drug-likeness (QED) is 0.186. The maximum atomic E-state index is 8.81. The first-order valence-electron chi connectivity index (χ1n) is 4.64. The third-order valence-electron chi connectivity index (χ3n) is 1.55. The van der Waals surface area contributed by atoms with E-state index in [1.54, 1.807) is 12.4 Å². The molecule has 10 heteroatoms. The van der Waals surface area contributed by atoms with Crippen molar-refractivity contribution in [3.8, 4) is 0 Å². The van der Waals surface area contributed by atoms with E-state index >= 15 is 0 Å². The van der Waals surface area contributed by atoms with Crippen molar-refractivity contribution in [1.82, 2.24) is 9.97 Å². The van der Waals surface area contributed by atoms with Gasteiger partial charge in [-0.15, -0.1) is 0 Å². The predicted molar refractivity (Wildman–Crippen MR) is 67.6 cm³/mol. The summed E-state index contributed by atoms with van der Waals surface area (Å²) in [5.41, 5.74) is 7.99. The Bertz CT molecular complexity index is 559. The van der Waals surface area contributed by atoms with Crippen LogP contribution in [0.15, 0.2) is 30.6 Å². The minimum absolute atomic E-state index is 0. The minimum Gasteiger partial charge on any atom is -0.750 e. The first-order chi connectivity index (χ1) is 9.01. The number of benzene rings is 1. The zero-order valence-corrected chi connectivity index (χ0v) is 13.3. The van der Waals surface area contributed by atoms with Gasteiger partial charge in [-0.05, 0) is 18.2 Å². The number of carbonyl (C=O) groups excluding carboxylic acids is 2. The summed E-state index contributed by atoms with van der Waals surface area (Å²) in [5, 5.41) is 0. The van der Waals surface area contributed by atoms with Gasteiger partial charge in [-0.3, -0.25) is 19.6 Å². The van der Waals surface area contributed by atoms with Crippen molar-refractivity contribution in [3.63, 3.8) is 0 Å². The number of nitrogen functional groups attached to an aromatic ring is 1. The molecule has 3 N–H and O–H groups in total. The van der Waals surface area contributed by atoms with Gasteiger partial charge in [-0.1, -0.05) is 0 Å². The van der Waals surface area contributed by atoms with Gasteiger partial charge < -0.3 is 14.8 Å². The third-order valence-corrected chi connectivity index (χ3v) is 1.55. The summed E-state index contributed by atoms with van der Waals surface area (Å²) in [6.07, 6.45) is 3.71. The smallest absolute Gasteiger partial charge is 0.750 e. The maximum Gasteiger partial charge on any atom is 1.00 e. The summed E-state index contributed by atoms with van der Waals surface area (Å²) in [6.45, 7) is 0. The molecule has 8 nitrogen and oxygen atoms in total. The zero-order chi connectivity index (χ0) is 14.7. The molecule has 2 aromatic rings. The standard InChI is InChI=1S/C8H7N3.C2H2O2.Na.H2O3S/c9-6-1-2-7-8(5-6)11-4-3-10-7;3-1-2-4;;1-4(2)3/h1-5H,9H2;1-2H;;(H2,1,2,3)/q;;+1;/p-1. The van der Waals surface area contributed by atoms with E-state index in [1.165, 1.54) is 0 Å². The second-order valence-corrected chi connectivity index (χ2v) is 3.23. The Morgan fingerprint density at radius 3 is 2.05 bits per heavy atom. The molecular weight excluding hydrogens is 297 g/mol. The topological polar surface area (TPSA) is 146 Å². The Morgan fingerprint density at radius 2 is 1.60 bits per heavy atom. The molecule has 1 atom stereocenters. The van der Waals surface area contributed by atoms with Crippen molar-refractivity contribution in [1.29, 1.82) is 0 Å². The molecule has 0 radical (unpaired) electrons. The van der Waals surface area contributed by atoms with Gasteiger partial charge in [0.15, 0.2) is 12.6 Å². The summed E-state index contributed by atoms with van der Waals surface area (Å²) in [6, 6.07) is 5.48. The molecular formula is C10H10N3NaO5S. The molecule has 0 saturated carbocycles. The van der Waals surface area contributed by atoms with Crippen LogP contribution in [0.5, 0.6) is 0 Å². The molecule has 20 heavy (non-hydrogen) atoms. The largest absolute Gasteiger partial charge is 1.00 e. The fourth-order valence-electron chi connectivity index (χ4n) is 0.980. The Hall–Kier alpha value is -1.23. The van der Waals surface area contributed by atoms with Crippen LogP contribution in [0, 0.1) is 0 Å². The van der Waals surface area contributed by atoms with Crippen molar-refractivity contribution in [2.24, 2.45) is 0 Å². The van der Waals surface area contributed by atoms with Gasteiger partial charge in [0.25, 0.3) is 0 Å². The van der Waals surface area contributed by atoms with Crippen molar-refractivity contribution < 1.29 is 52.5 Å². The summed E-state index contributed by atoms with van der Waals surface area (Å²) in [4.78, 5) is 25.8. The first kappa shape index (κ1) is 21.1. The predicted octanol–water partition coefficient (Wildman–Crippen LogP) is -3.06. The number of carbonyl (C=O) groups is 2. The second kappa shape index (κ2) is 12.8. The van der Waals surface area contributed by atoms with Gasteiger partial charge in [-0.25, -0.2) is 4.21 Å². The summed E-state index contributed by atoms with van der Waals surface area (Å²) in [7, 11) is 0. The van der Waals surface area contributed by atoms with E-state index in [9.17, 15) is 0 Å². The van der Waals surface area contributed by atoms with E-state index in [0.29, 0.717) is 0 Å². The average molecular weight is 307 g/mol. The van der Waals surface area contributed by atoms with Crippen molar-refractivity contribution >= 4 is 40.7 Å². The van der Waals surface area contributed by atoms with Crippen LogP contribution in [0.1, 0.15) is 0 Å². The Morgan fingerprint density at radius 1 is 1.15 bits per heavy atom. The van der Waals surface area contributed by atoms with Crippen LogP contribution in [0.2, 0.25) is 0 Å². The van der Waals surface area contributed by atoms with Crippen molar-refractivity contribution in [2.75, 3.05) is 5.73 Å². The minimum atomic E-state index is -2.86. The average Bonchev–Trinajstić information content (AvgIpc) is 2.38. The summed E-state index contributed by atoms with van der Waals surface area (Å²) >= 11 is -2.86. The van der Waals surface area contributed by atoms with Crippen LogP contribution in [-0.4, -0.2) is 35.9 Å². The Labute approximate surface area is 139 Å². The van der Waals surface area contributed by atoms with Crippen molar-refractivity contribution in [3.05, 3.63) is 30.6 Å². The maximum absolute atomic E-state index is 8.81. The number of nitrogens with zero attached hydrogens (tertiary/aromatic N) is 2. The molecule has 1 heterocycles. The molecule has 1 unspecified atom stereocenters. The molecule has 0 bridgehead atoms. The molecule has 0 aliphatic rings. The molecule has 0 aliphatic heterocycles. The molecule has 2 rings (SSSR count). The van der Waals surface area contributed by atoms with E-state index in [4.69, 9.17) is 28.6 Å².